The fourth-order valence-corrected chi connectivity index (χ4v) is 2.01. The summed E-state index contributed by atoms with van der Waals surface area (Å²) >= 11 is 0. The molecule has 0 saturated carbocycles. The zero-order valence-electron chi connectivity index (χ0n) is 11.5. The number of aromatic nitrogens is 1. The normalized spacial score (nSPS) is 10.4. The molecule has 0 spiro atoms. The van der Waals surface area contributed by atoms with Gasteiger partial charge in [-0.2, -0.15) is 0 Å². The van der Waals surface area contributed by atoms with Crippen molar-refractivity contribution in [2.75, 3.05) is 13.7 Å². The Balaban J connectivity index is 1.95. The first kappa shape index (κ1) is 13.6. The zero-order valence-corrected chi connectivity index (χ0v) is 11.5. The van der Waals surface area contributed by atoms with Gasteiger partial charge in [-0.15, -0.1) is 0 Å². The predicted octanol–water partition coefficient (Wildman–Crippen LogP) is 2.73. The highest BCUT2D eigenvalue weighted by atomic mass is 16.5. The van der Waals surface area contributed by atoms with E-state index in [0.717, 1.165) is 18.7 Å². The van der Waals surface area contributed by atoms with Crippen molar-refractivity contribution < 1.29 is 4.74 Å². The maximum Gasteiger partial charge on any atom is 0.123 e. The fraction of sp³-hybridized carbons (Fsp3) is 0.312. The lowest BCUT2D eigenvalue weighted by molar-refractivity contribution is 0.318. The standard InChI is InChI=1S/C16H20N2O/c1-13-3-4-16(15(11-13)12-17-2)19-10-7-14-5-8-18-9-6-14/h3-6,8-9,11,17H,7,10,12H2,1-2H3. The van der Waals surface area contributed by atoms with E-state index in [9.17, 15) is 0 Å². The predicted molar refractivity (Wildman–Crippen MR) is 77.4 cm³/mol. The molecule has 0 atom stereocenters. The van der Waals surface area contributed by atoms with Crippen molar-refractivity contribution in [2.24, 2.45) is 0 Å². The first-order chi connectivity index (χ1) is 9.29. The Bertz CT molecular complexity index is 511. The number of hydrogen-bond donors (Lipinski definition) is 1. The van der Waals surface area contributed by atoms with Crippen LogP contribution in [0.5, 0.6) is 5.75 Å². The molecule has 3 nitrogen and oxygen atoms in total. The zero-order chi connectivity index (χ0) is 13.5. The lowest BCUT2D eigenvalue weighted by atomic mass is 10.1. The summed E-state index contributed by atoms with van der Waals surface area (Å²) in [7, 11) is 1.95. The van der Waals surface area contributed by atoms with E-state index < -0.39 is 0 Å². The average Bonchev–Trinajstić information content (AvgIpc) is 2.43. The van der Waals surface area contributed by atoms with Crippen molar-refractivity contribution in [2.45, 2.75) is 19.9 Å². The van der Waals surface area contributed by atoms with Crippen LogP contribution in [0.1, 0.15) is 16.7 Å². The van der Waals surface area contributed by atoms with Crippen molar-refractivity contribution in [1.82, 2.24) is 10.3 Å². The summed E-state index contributed by atoms with van der Waals surface area (Å²) in [4.78, 5) is 4.01. The molecule has 19 heavy (non-hydrogen) atoms. The van der Waals surface area contributed by atoms with Gasteiger partial charge in [0, 0.05) is 30.9 Å². The first-order valence-electron chi connectivity index (χ1n) is 6.55. The third-order valence-electron chi connectivity index (χ3n) is 2.98. The summed E-state index contributed by atoms with van der Waals surface area (Å²) in [6.07, 6.45) is 4.52. The van der Waals surface area contributed by atoms with Gasteiger partial charge in [0.1, 0.15) is 5.75 Å². The largest absolute Gasteiger partial charge is 0.493 e. The van der Waals surface area contributed by atoms with Gasteiger partial charge >= 0.3 is 0 Å². The highest BCUT2D eigenvalue weighted by molar-refractivity contribution is 5.36. The van der Waals surface area contributed by atoms with Gasteiger partial charge in [0.25, 0.3) is 0 Å². The van der Waals surface area contributed by atoms with E-state index in [1.54, 1.807) is 0 Å². The highest BCUT2D eigenvalue weighted by Gasteiger charge is 2.03. The minimum absolute atomic E-state index is 0.684. The van der Waals surface area contributed by atoms with Crippen LogP contribution in [-0.2, 0) is 13.0 Å². The van der Waals surface area contributed by atoms with Crippen LogP contribution >= 0.6 is 0 Å². The maximum atomic E-state index is 5.89. The molecule has 0 radical (unpaired) electrons. The number of nitrogens with one attached hydrogen (secondary N) is 1. The molecular formula is C16H20N2O. The molecular weight excluding hydrogens is 236 g/mol. The molecule has 0 aliphatic carbocycles. The van der Waals surface area contributed by atoms with Crippen LogP contribution in [0.2, 0.25) is 0 Å². The van der Waals surface area contributed by atoms with Crippen LogP contribution in [0.25, 0.3) is 0 Å². The summed E-state index contributed by atoms with van der Waals surface area (Å²) in [5, 5.41) is 3.17. The van der Waals surface area contributed by atoms with Gasteiger partial charge in [0.15, 0.2) is 0 Å². The molecule has 0 fully saturated rings. The van der Waals surface area contributed by atoms with Crippen LogP contribution in [-0.4, -0.2) is 18.6 Å². The van der Waals surface area contributed by atoms with E-state index in [2.05, 4.69) is 35.4 Å². The lowest BCUT2D eigenvalue weighted by Crippen LogP contribution is -2.09. The Morgan fingerprint density at radius 3 is 2.68 bits per heavy atom. The Morgan fingerprint density at radius 1 is 1.16 bits per heavy atom. The third kappa shape index (κ3) is 4.07. The van der Waals surface area contributed by atoms with Gasteiger partial charge in [-0.3, -0.25) is 4.98 Å². The Hall–Kier alpha value is -1.87. The first-order valence-corrected chi connectivity index (χ1v) is 6.55. The number of pyridine rings is 1. The minimum atomic E-state index is 0.684. The van der Waals surface area contributed by atoms with Gasteiger partial charge < -0.3 is 10.1 Å². The van der Waals surface area contributed by atoms with E-state index in [0.29, 0.717) is 6.61 Å². The monoisotopic (exact) mass is 256 g/mol. The molecule has 1 aromatic carbocycles. The van der Waals surface area contributed by atoms with E-state index in [-0.39, 0.29) is 0 Å². The van der Waals surface area contributed by atoms with Crippen LogP contribution in [0.15, 0.2) is 42.7 Å². The summed E-state index contributed by atoms with van der Waals surface area (Å²) in [6, 6.07) is 10.3. The second-order valence-electron chi connectivity index (χ2n) is 4.60. The lowest BCUT2D eigenvalue weighted by Gasteiger charge is -2.12. The second kappa shape index (κ2) is 6.90. The van der Waals surface area contributed by atoms with Crippen LogP contribution in [0, 0.1) is 6.92 Å². The molecule has 0 unspecified atom stereocenters. The molecule has 0 aliphatic rings. The van der Waals surface area contributed by atoms with Crippen molar-refractivity contribution in [3.63, 3.8) is 0 Å². The molecule has 3 heteroatoms. The average molecular weight is 256 g/mol. The van der Waals surface area contributed by atoms with Crippen LogP contribution < -0.4 is 10.1 Å². The number of aryl methyl sites for hydroxylation is 1. The Morgan fingerprint density at radius 2 is 1.95 bits per heavy atom. The van der Waals surface area contributed by atoms with Crippen LogP contribution in [0.3, 0.4) is 0 Å². The van der Waals surface area contributed by atoms with E-state index in [4.69, 9.17) is 4.74 Å². The van der Waals surface area contributed by atoms with E-state index in [1.807, 2.05) is 31.6 Å². The van der Waals surface area contributed by atoms with Gasteiger partial charge in [-0.1, -0.05) is 17.7 Å². The molecule has 0 amide bonds. The topological polar surface area (TPSA) is 34.1 Å². The quantitative estimate of drug-likeness (QED) is 0.863. The van der Waals surface area contributed by atoms with Gasteiger partial charge in [-0.05, 0) is 37.7 Å². The van der Waals surface area contributed by atoms with E-state index >= 15 is 0 Å². The van der Waals surface area contributed by atoms with Crippen molar-refractivity contribution in [1.29, 1.82) is 0 Å². The maximum absolute atomic E-state index is 5.89. The summed E-state index contributed by atoms with van der Waals surface area (Å²) in [5.74, 6) is 0.967. The summed E-state index contributed by atoms with van der Waals surface area (Å²) in [6.45, 7) is 3.61. The summed E-state index contributed by atoms with van der Waals surface area (Å²) in [5.41, 5.74) is 3.71. The molecule has 100 valence electrons. The third-order valence-corrected chi connectivity index (χ3v) is 2.98. The molecule has 1 aromatic heterocycles. The number of hydrogen-bond acceptors (Lipinski definition) is 3. The van der Waals surface area contributed by atoms with Crippen LogP contribution in [0.4, 0.5) is 0 Å². The van der Waals surface area contributed by atoms with Crippen molar-refractivity contribution >= 4 is 0 Å². The van der Waals surface area contributed by atoms with Gasteiger partial charge in [0.2, 0.25) is 0 Å². The minimum Gasteiger partial charge on any atom is -0.493 e. The SMILES string of the molecule is CNCc1cc(C)ccc1OCCc1ccncc1. The van der Waals surface area contributed by atoms with Crippen molar-refractivity contribution in [3.8, 4) is 5.75 Å². The molecule has 1 heterocycles. The molecule has 2 rings (SSSR count). The van der Waals surface area contributed by atoms with Gasteiger partial charge in [-0.25, -0.2) is 0 Å². The van der Waals surface area contributed by atoms with E-state index in [1.165, 1.54) is 16.7 Å². The van der Waals surface area contributed by atoms with Gasteiger partial charge in [0.05, 0.1) is 6.61 Å². The summed E-state index contributed by atoms with van der Waals surface area (Å²) < 4.78 is 5.89. The number of benzene rings is 1. The number of rotatable bonds is 6. The Labute approximate surface area is 114 Å². The molecule has 0 bridgehead atoms. The second-order valence-corrected chi connectivity index (χ2v) is 4.60. The highest BCUT2D eigenvalue weighted by Crippen LogP contribution is 2.20. The number of ether oxygens (including phenoxy) is 1. The molecule has 0 aliphatic heterocycles. The molecule has 2 aromatic rings. The fourth-order valence-electron chi connectivity index (χ4n) is 2.01. The smallest absolute Gasteiger partial charge is 0.123 e. The molecule has 0 saturated heterocycles. The number of nitrogens with zero attached hydrogens (tertiary/aromatic N) is 1. The van der Waals surface area contributed by atoms with Crippen molar-refractivity contribution in [3.05, 3.63) is 59.4 Å². The molecule has 1 N–H and O–H groups in total. The Kier molecular flexibility index (Phi) is 4.93.